The standard InChI is InChI=1S/C20H25N3O2S/c1-3-26-17-7-5-4-6-16(17)22-19(24)23-12-10-20(25,11-13-23)18-9-8-15(2)14-21-18/h4-9,14,25H,3,10-13H2,1-2H3,(H,22,24). The Balaban J connectivity index is 1.63. The van der Waals surface area contributed by atoms with Crippen LogP contribution in [0.15, 0.2) is 47.5 Å². The SMILES string of the molecule is CCSc1ccccc1NC(=O)N1CCC(O)(c2ccc(C)cn2)CC1. The number of hydrogen-bond acceptors (Lipinski definition) is 4. The molecule has 0 atom stereocenters. The van der Waals surface area contributed by atoms with Crippen LogP contribution >= 0.6 is 11.8 Å². The van der Waals surface area contributed by atoms with Crippen molar-refractivity contribution in [3.8, 4) is 0 Å². The molecule has 1 aliphatic heterocycles. The number of anilines is 1. The smallest absolute Gasteiger partial charge is 0.321 e. The number of likely N-dealkylation sites (tertiary alicyclic amines) is 1. The van der Waals surface area contributed by atoms with Gasteiger partial charge in [0.2, 0.25) is 0 Å². The Labute approximate surface area is 158 Å². The highest BCUT2D eigenvalue weighted by Crippen LogP contribution is 2.32. The van der Waals surface area contributed by atoms with Crippen LogP contribution in [0.2, 0.25) is 0 Å². The summed E-state index contributed by atoms with van der Waals surface area (Å²) in [5, 5.41) is 13.9. The number of nitrogens with zero attached hydrogens (tertiary/aromatic N) is 2. The Kier molecular flexibility index (Phi) is 5.84. The van der Waals surface area contributed by atoms with Gasteiger partial charge in [0, 0.05) is 24.2 Å². The summed E-state index contributed by atoms with van der Waals surface area (Å²) in [6.45, 7) is 5.07. The molecule has 2 N–H and O–H groups in total. The molecule has 0 unspecified atom stereocenters. The van der Waals surface area contributed by atoms with E-state index in [0.29, 0.717) is 31.6 Å². The second-order valence-corrected chi connectivity index (χ2v) is 7.90. The molecule has 1 saturated heterocycles. The first kappa shape index (κ1) is 18.7. The number of aliphatic hydroxyl groups is 1. The van der Waals surface area contributed by atoms with E-state index >= 15 is 0 Å². The molecule has 1 aliphatic rings. The molecule has 1 fully saturated rings. The molecule has 138 valence electrons. The summed E-state index contributed by atoms with van der Waals surface area (Å²) in [7, 11) is 0. The molecule has 1 aromatic heterocycles. The van der Waals surface area contributed by atoms with Crippen molar-refractivity contribution in [1.29, 1.82) is 0 Å². The highest BCUT2D eigenvalue weighted by Gasteiger charge is 2.36. The summed E-state index contributed by atoms with van der Waals surface area (Å²) in [6, 6.07) is 11.6. The van der Waals surface area contributed by atoms with E-state index in [2.05, 4.69) is 17.2 Å². The zero-order chi connectivity index (χ0) is 18.6. The monoisotopic (exact) mass is 371 g/mol. The summed E-state index contributed by atoms with van der Waals surface area (Å²) in [6.07, 6.45) is 2.75. The first-order valence-corrected chi connectivity index (χ1v) is 9.93. The van der Waals surface area contributed by atoms with Gasteiger partial charge in [-0.25, -0.2) is 4.79 Å². The van der Waals surface area contributed by atoms with E-state index in [-0.39, 0.29) is 6.03 Å². The number of carbonyl (C=O) groups excluding carboxylic acids is 1. The number of aromatic nitrogens is 1. The number of nitrogens with one attached hydrogen (secondary N) is 1. The van der Waals surface area contributed by atoms with E-state index in [1.807, 2.05) is 43.3 Å². The molecule has 3 rings (SSSR count). The van der Waals surface area contributed by atoms with Gasteiger partial charge in [-0.3, -0.25) is 4.98 Å². The van der Waals surface area contributed by atoms with Crippen LogP contribution in [0.3, 0.4) is 0 Å². The number of aryl methyl sites for hydroxylation is 1. The van der Waals surface area contributed by atoms with Crippen molar-refractivity contribution in [3.63, 3.8) is 0 Å². The quantitative estimate of drug-likeness (QED) is 0.797. The van der Waals surface area contributed by atoms with Crippen molar-refractivity contribution in [2.45, 2.75) is 37.2 Å². The minimum absolute atomic E-state index is 0.118. The lowest BCUT2D eigenvalue weighted by Gasteiger charge is -2.37. The summed E-state index contributed by atoms with van der Waals surface area (Å²) in [5.41, 5.74) is 1.64. The Morgan fingerprint density at radius 3 is 2.65 bits per heavy atom. The molecule has 0 bridgehead atoms. The fourth-order valence-corrected chi connectivity index (χ4v) is 3.88. The van der Waals surface area contributed by atoms with Crippen LogP contribution in [0, 0.1) is 6.92 Å². The van der Waals surface area contributed by atoms with Gasteiger partial charge in [-0.15, -0.1) is 11.8 Å². The maximum atomic E-state index is 12.6. The summed E-state index contributed by atoms with van der Waals surface area (Å²) >= 11 is 1.71. The highest BCUT2D eigenvalue weighted by atomic mass is 32.2. The Bertz CT molecular complexity index is 756. The molecular weight excluding hydrogens is 346 g/mol. The number of piperidine rings is 1. The molecule has 5 nitrogen and oxygen atoms in total. The van der Waals surface area contributed by atoms with Gasteiger partial charge in [-0.2, -0.15) is 0 Å². The average Bonchev–Trinajstić information content (AvgIpc) is 2.64. The van der Waals surface area contributed by atoms with Gasteiger partial charge in [0.05, 0.1) is 11.4 Å². The number of amides is 2. The van der Waals surface area contributed by atoms with Crippen LogP contribution in [-0.4, -0.2) is 39.9 Å². The predicted molar refractivity (Wildman–Crippen MR) is 106 cm³/mol. The third-order valence-electron chi connectivity index (χ3n) is 4.69. The van der Waals surface area contributed by atoms with Crippen molar-refractivity contribution in [2.24, 2.45) is 0 Å². The van der Waals surface area contributed by atoms with Crippen LogP contribution in [0.5, 0.6) is 0 Å². The van der Waals surface area contributed by atoms with Crippen molar-refractivity contribution in [2.75, 3.05) is 24.2 Å². The first-order chi connectivity index (χ1) is 12.5. The topological polar surface area (TPSA) is 65.5 Å². The molecule has 26 heavy (non-hydrogen) atoms. The van der Waals surface area contributed by atoms with E-state index in [9.17, 15) is 9.90 Å². The predicted octanol–water partition coefficient (Wildman–Crippen LogP) is 4.02. The van der Waals surface area contributed by atoms with Gasteiger partial charge >= 0.3 is 6.03 Å². The third kappa shape index (κ3) is 4.19. The van der Waals surface area contributed by atoms with E-state index in [1.165, 1.54) is 0 Å². The van der Waals surface area contributed by atoms with E-state index in [4.69, 9.17) is 0 Å². The summed E-state index contributed by atoms with van der Waals surface area (Å²) < 4.78 is 0. The van der Waals surface area contributed by atoms with Crippen molar-refractivity contribution in [1.82, 2.24) is 9.88 Å². The minimum atomic E-state index is -0.958. The van der Waals surface area contributed by atoms with Gasteiger partial charge in [-0.05, 0) is 49.3 Å². The fourth-order valence-electron chi connectivity index (χ4n) is 3.12. The number of benzene rings is 1. The minimum Gasteiger partial charge on any atom is -0.383 e. The van der Waals surface area contributed by atoms with Crippen molar-refractivity contribution < 1.29 is 9.90 Å². The number of carbonyl (C=O) groups is 1. The molecular formula is C20H25N3O2S. The van der Waals surface area contributed by atoms with Gasteiger partial charge in [-0.1, -0.05) is 25.1 Å². The second kappa shape index (κ2) is 8.10. The Morgan fingerprint density at radius 2 is 2.00 bits per heavy atom. The molecule has 1 aromatic carbocycles. The molecule has 6 heteroatoms. The van der Waals surface area contributed by atoms with Gasteiger partial charge < -0.3 is 15.3 Å². The molecule has 2 heterocycles. The highest BCUT2D eigenvalue weighted by molar-refractivity contribution is 7.99. The molecule has 0 radical (unpaired) electrons. The van der Waals surface area contributed by atoms with Crippen LogP contribution < -0.4 is 5.32 Å². The Morgan fingerprint density at radius 1 is 1.27 bits per heavy atom. The van der Waals surface area contributed by atoms with E-state index < -0.39 is 5.60 Å². The molecule has 2 aromatic rings. The fraction of sp³-hybridized carbons (Fsp3) is 0.400. The van der Waals surface area contributed by atoms with E-state index in [1.54, 1.807) is 22.9 Å². The maximum absolute atomic E-state index is 12.6. The summed E-state index contributed by atoms with van der Waals surface area (Å²) in [4.78, 5) is 19.8. The maximum Gasteiger partial charge on any atom is 0.321 e. The third-order valence-corrected chi connectivity index (χ3v) is 5.65. The van der Waals surface area contributed by atoms with Gasteiger partial charge in [0.15, 0.2) is 0 Å². The molecule has 0 saturated carbocycles. The zero-order valence-electron chi connectivity index (χ0n) is 15.2. The lowest BCUT2D eigenvalue weighted by Crippen LogP contribution is -2.47. The molecule has 0 spiro atoms. The van der Waals surface area contributed by atoms with Gasteiger partial charge in [0.1, 0.15) is 5.60 Å². The molecule has 0 aliphatic carbocycles. The normalized spacial score (nSPS) is 16.3. The first-order valence-electron chi connectivity index (χ1n) is 8.95. The largest absolute Gasteiger partial charge is 0.383 e. The number of para-hydroxylation sites is 1. The zero-order valence-corrected chi connectivity index (χ0v) is 16.1. The van der Waals surface area contributed by atoms with Crippen LogP contribution in [0.25, 0.3) is 0 Å². The number of rotatable bonds is 4. The van der Waals surface area contributed by atoms with Crippen LogP contribution in [0.4, 0.5) is 10.5 Å². The lowest BCUT2D eigenvalue weighted by molar-refractivity contribution is -0.0193. The molecule has 2 amide bonds. The van der Waals surface area contributed by atoms with Crippen molar-refractivity contribution >= 4 is 23.5 Å². The number of thioether (sulfide) groups is 1. The van der Waals surface area contributed by atoms with E-state index in [0.717, 1.165) is 21.9 Å². The van der Waals surface area contributed by atoms with Crippen LogP contribution in [0.1, 0.15) is 31.0 Å². The van der Waals surface area contributed by atoms with Crippen molar-refractivity contribution in [3.05, 3.63) is 53.9 Å². The lowest BCUT2D eigenvalue weighted by atomic mass is 9.87. The summed E-state index contributed by atoms with van der Waals surface area (Å²) in [5.74, 6) is 0.952. The van der Waals surface area contributed by atoms with Crippen LogP contribution in [-0.2, 0) is 5.60 Å². The second-order valence-electron chi connectivity index (χ2n) is 6.60. The average molecular weight is 372 g/mol. The number of pyridine rings is 1. The Hall–Kier alpha value is -2.05. The number of hydrogen-bond donors (Lipinski definition) is 2. The number of urea groups is 1. The van der Waals surface area contributed by atoms with Gasteiger partial charge in [0.25, 0.3) is 0 Å².